The van der Waals surface area contributed by atoms with Crippen molar-refractivity contribution >= 4 is 21.7 Å². The van der Waals surface area contributed by atoms with Gasteiger partial charge in [0.15, 0.2) is 9.84 Å². The lowest BCUT2D eigenvalue weighted by atomic mass is 10.2. The van der Waals surface area contributed by atoms with Crippen LogP contribution in [0, 0.1) is 0 Å². The van der Waals surface area contributed by atoms with Crippen LogP contribution in [0.5, 0.6) is 0 Å². The number of sulfone groups is 1. The third-order valence-corrected chi connectivity index (χ3v) is 4.67. The lowest BCUT2D eigenvalue weighted by Gasteiger charge is -2.24. The van der Waals surface area contributed by atoms with Gasteiger partial charge in [0.2, 0.25) is 5.91 Å². The molecule has 0 radical (unpaired) electrons. The molecular weight excluding hydrogens is 272 g/mol. The number of hydrogen-bond donors (Lipinski definition) is 1. The van der Waals surface area contributed by atoms with Crippen LogP contribution in [-0.2, 0) is 24.2 Å². The van der Waals surface area contributed by atoms with Crippen LogP contribution < -0.4 is 5.32 Å². The first kappa shape index (κ1) is 15.9. The van der Waals surface area contributed by atoms with E-state index in [1.54, 1.807) is 0 Å². The maximum Gasteiger partial charge on any atom is 0.329 e. The highest BCUT2D eigenvalue weighted by Crippen LogP contribution is 2.06. The van der Waals surface area contributed by atoms with Crippen molar-refractivity contribution in [3.8, 4) is 0 Å². The van der Waals surface area contributed by atoms with E-state index in [2.05, 4.69) is 10.1 Å². The van der Waals surface area contributed by atoms with Gasteiger partial charge in [-0.25, -0.2) is 13.2 Å². The van der Waals surface area contributed by atoms with E-state index in [0.29, 0.717) is 19.5 Å². The molecule has 0 bridgehead atoms. The maximum absolute atomic E-state index is 11.6. The molecular formula is C11H20N2O5S. The Morgan fingerprint density at radius 2 is 2.00 bits per heavy atom. The Kier molecular flexibility index (Phi) is 5.74. The number of nitrogens with zero attached hydrogens (tertiary/aromatic N) is 1. The van der Waals surface area contributed by atoms with Gasteiger partial charge in [-0.1, -0.05) is 0 Å². The molecule has 1 N–H and O–H groups in total. The first-order valence-corrected chi connectivity index (χ1v) is 7.94. The molecule has 1 saturated heterocycles. The van der Waals surface area contributed by atoms with Crippen LogP contribution in [0.15, 0.2) is 0 Å². The molecule has 7 nitrogen and oxygen atoms in total. The Morgan fingerprint density at radius 1 is 1.32 bits per heavy atom. The zero-order valence-corrected chi connectivity index (χ0v) is 12.0. The molecule has 19 heavy (non-hydrogen) atoms. The summed E-state index contributed by atoms with van der Waals surface area (Å²) in [4.78, 5) is 24.5. The van der Waals surface area contributed by atoms with Gasteiger partial charge in [0.05, 0.1) is 18.6 Å². The Hall–Kier alpha value is -1.15. The average molecular weight is 292 g/mol. The predicted octanol–water partition coefficient (Wildman–Crippen LogP) is -1.22. The second kappa shape index (κ2) is 6.85. The third kappa shape index (κ3) is 5.56. The van der Waals surface area contributed by atoms with Crippen molar-refractivity contribution in [2.45, 2.75) is 19.4 Å². The molecule has 0 saturated carbocycles. The van der Waals surface area contributed by atoms with Crippen LogP contribution in [0.3, 0.4) is 0 Å². The Balaban J connectivity index is 2.63. The summed E-state index contributed by atoms with van der Waals surface area (Å²) in [6, 6.07) is -0.761. The fraction of sp³-hybridized carbons (Fsp3) is 0.818. The zero-order valence-electron chi connectivity index (χ0n) is 11.2. The molecule has 1 heterocycles. The topological polar surface area (TPSA) is 92.8 Å². The van der Waals surface area contributed by atoms with Crippen molar-refractivity contribution in [1.29, 1.82) is 0 Å². The summed E-state index contributed by atoms with van der Waals surface area (Å²) < 4.78 is 27.6. The molecule has 0 aromatic heterocycles. The van der Waals surface area contributed by atoms with Gasteiger partial charge < -0.3 is 10.1 Å². The molecule has 1 aliphatic rings. The van der Waals surface area contributed by atoms with E-state index < -0.39 is 21.8 Å². The van der Waals surface area contributed by atoms with Crippen LogP contribution in [0.4, 0.5) is 0 Å². The standard InChI is InChI=1S/C11H20N2O5S/c1-9(14)12-10(11(15)18-2)8-13-4-3-6-19(16,17)7-5-13/h10H,3-8H2,1-2H3,(H,12,14). The number of nitrogens with one attached hydrogen (secondary N) is 1. The number of carbonyl (C=O) groups is 2. The van der Waals surface area contributed by atoms with E-state index >= 15 is 0 Å². The molecule has 0 aromatic carbocycles. The van der Waals surface area contributed by atoms with Gasteiger partial charge in [0, 0.05) is 20.0 Å². The van der Waals surface area contributed by atoms with E-state index in [4.69, 9.17) is 0 Å². The summed E-state index contributed by atoms with van der Waals surface area (Å²) in [6.45, 7) is 2.55. The van der Waals surface area contributed by atoms with Gasteiger partial charge >= 0.3 is 5.97 Å². The minimum Gasteiger partial charge on any atom is -0.467 e. The molecule has 110 valence electrons. The lowest BCUT2D eigenvalue weighted by molar-refractivity contribution is -0.145. The van der Waals surface area contributed by atoms with Crippen molar-refractivity contribution < 1.29 is 22.7 Å². The quantitative estimate of drug-likeness (QED) is 0.653. The molecule has 0 aliphatic carbocycles. The second-order valence-electron chi connectivity index (χ2n) is 4.58. The highest BCUT2D eigenvalue weighted by Gasteiger charge is 2.26. The number of hydrogen-bond acceptors (Lipinski definition) is 6. The molecule has 8 heteroatoms. The van der Waals surface area contributed by atoms with Crippen molar-refractivity contribution in [3.63, 3.8) is 0 Å². The van der Waals surface area contributed by atoms with Crippen LogP contribution in [0.2, 0.25) is 0 Å². The van der Waals surface area contributed by atoms with Crippen molar-refractivity contribution in [1.82, 2.24) is 10.2 Å². The highest BCUT2D eigenvalue weighted by molar-refractivity contribution is 7.91. The summed E-state index contributed by atoms with van der Waals surface area (Å²) in [5, 5.41) is 2.51. The van der Waals surface area contributed by atoms with Gasteiger partial charge in [0.1, 0.15) is 6.04 Å². The van der Waals surface area contributed by atoms with Crippen LogP contribution in [-0.4, -0.2) is 69.5 Å². The lowest BCUT2D eigenvalue weighted by Crippen LogP contribution is -2.49. The number of ether oxygens (including phenoxy) is 1. The van der Waals surface area contributed by atoms with Gasteiger partial charge in [-0.15, -0.1) is 0 Å². The second-order valence-corrected chi connectivity index (χ2v) is 6.89. The highest BCUT2D eigenvalue weighted by atomic mass is 32.2. The molecule has 0 aromatic rings. The molecule has 0 spiro atoms. The van der Waals surface area contributed by atoms with Crippen LogP contribution in [0.25, 0.3) is 0 Å². The Bertz CT molecular complexity index is 434. The summed E-state index contributed by atoms with van der Waals surface area (Å²) in [5.41, 5.74) is 0. The Labute approximate surface area is 113 Å². The van der Waals surface area contributed by atoms with Gasteiger partial charge in [-0.2, -0.15) is 0 Å². The number of amides is 1. The fourth-order valence-electron chi connectivity index (χ4n) is 2.00. The molecule has 1 unspecified atom stereocenters. The monoisotopic (exact) mass is 292 g/mol. The normalized spacial score (nSPS) is 21.2. The molecule has 1 atom stereocenters. The van der Waals surface area contributed by atoms with E-state index in [9.17, 15) is 18.0 Å². The minimum atomic E-state index is -2.98. The third-order valence-electron chi connectivity index (χ3n) is 2.95. The van der Waals surface area contributed by atoms with Crippen molar-refractivity contribution in [2.75, 3.05) is 38.2 Å². The van der Waals surface area contributed by atoms with E-state index in [-0.39, 0.29) is 24.0 Å². The van der Waals surface area contributed by atoms with Crippen molar-refractivity contribution in [3.05, 3.63) is 0 Å². The minimum absolute atomic E-state index is 0.0843. The number of carbonyl (C=O) groups excluding carboxylic acids is 2. The average Bonchev–Trinajstić information content (AvgIpc) is 2.48. The largest absolute Gasteiger partial charge is 0.467 e. The van der Waals surface area contributed by atoms with Gasteiger partial charge in [-0.05, 0) is 13.0 Å². The first-order chi connectivity index (χ1) is 8.84. The molecule has 1 fully saturated rings. The molecule has 1 rings (SSSR count). The van der Waals surface area contributed by atoms with Crippen LogP contribution in [0.1, 0.15) is 13.3 Å². The summed E-state index contributed by atoms with van der Waals surface area (Å²) in [5.74, 6) is -0.590. The number of esters is 1. The summed E-state index contributed by atoms with van der Waals surface area (Å²) in [7, 11) is -1.73. The smallest absolute Gasteiger partial charge is 0.329 e. The maximum atomic E-state index is 11.6. The number of methoxy groups -OCH3 is 1. The Morgan fingerprint density at radius 3 is 2.58 bits per heavy atom. The zero-order chi connectivity index (χ0) is 14.5. The summed E-state index contributed by atoms with van der Waals surface area (Å²) >= 11 is 0. The summed E-state index contributed by atoms with van der Waals surface area (Å²) in [6.07, 6.45) is 0.538. The predicted molar refractivity (Wildman–Crippen MR) is 69.3 cm³/mol. The van der Waals surface area contributed by atoms with E-state index in [0.717, 1.165) is 0 Å². The SMILES string of the molecule is COC(=O)C(CN1CCCS(=O)(=O)CC1)NC(C)=O. The molecule has 1 aliphatic heterocycles. The fourth-order valence-corrected chi connectivity index (χ4v) is 3.31. The van der Waals surface area contributed by atoms with E-state index in [1.165, 1.54) is 14.0 Å². The molecule has 1 amide bonds. The van der Waals surface area contributed by atoms with Gasteiger partial charge in [-0.3, -0.25) is 9.69 Å². The van der Waals surface area contributed by atoms with Crippen molar-refractivity contribution in [2.24, 2.45) is 0 Å². The first-order valence-electron chi connectivity index (χ1n) is 6.12. The van der Waals surface area contributed by atoms with E-state index in [1.807, 2.05) is 4.90 Å². The van der Waals surface area contributed by atoms with Crippen LogP contribution >= 0.6 is 0 Å². The number of rotatable bonds is 4. The van der Waals surface area contributed by atoms with Gasteiger partial charge in [0.25, 0.3) is 0 Å².